The van der Waals surface area contributed by atoms with Crippen molar-refractivity contribution in [3.05, 3.63) is 82.6 Å². The molecule has 0 spiro atoms. The molecule has 12 heteroatoms. The van der Waals surface area contributed by atoms with Gasteiger partial charge in [0.05, 0.1) is 21.5 Å². The minimum atomic E-state index is -4.57. The summed E-state index contributed by atoms with van der Waals surface area (Å²) in [6.07, 6.45) is -1.32. The van der Waals surface area contributed by atoms with Crippen LogP contribution in [0.25, 0.3) is 17.1 Å². The average molecular weight is 538 g/mol. The van der Waals surface area contributed by atoms with E-state index < -0.39 is 22.9 Å². The van der Waals surface area contributed by atoms with E-state index in [0.717, 1.165) is 35.5 Å². The van der Waals surface area contributed by atoms with Crippen LogP contribution in [0.3, 0.4) is 0 Å². The SMILES string of the molecule is C[C@@H](Sc1nnc(-c2ccncc2)n1-c1ccc(Cl)cc1)C(=O)Nc1cc(C(F)(F)F)ccc1Cl. The van der Waals surface area contributed by atoms with Gasteiger partial charge in [0.2, 0.25) is 5.91 Å². The van der Waals surface area contributed by atoms with Crippen LogP contribution in [0.4, 0.5) is 18.9 Å². The highest BCUT2D eigenvalue weighted by molar-refractivity contribution is 8.00. The Kier molecular flexibility index (Phi) is 7.34. The van der Waals surface area contributed by atoms with Crippen LogP contribution in [0.2, 0.25) is 10.0 Å². The summed E-state index contributed by atoms with van der Waals surface area (Å²) in [5.74, 6) is -0.0295. The molecule has 0 bridgehead atoms. The highest BCUT2D eigenvalue weighted by Gasteiger charge is 2.31. The van der Waals surface area contributed by atoms with Crippen LogP contribution in [0.15, 0.2) is 72.1 Å². The molecule has 35 heavy (non-hydrogen) atoms. The van der Waals surface area contributed by atoms with E-state index in [1.165, 1.54) is 0 Å². The molecule has 2 heterocycles. The number of halogens is 5. The summed E-state index contributed by atoms with van der Waals surface area (Å²) in [6.45, 7) is 1.61. The third-order valence-corrected chi connectivity index (χ3v) is 6.48. The first-order chi connectivity index (χ1) is 16.6. The van der Waals surface area contributed by atoms with Gasteiger partial charge in [0.25, 0.3) is 0 Å². The molecule has 1 atom stereocenters. The monoisotopic (exact) mass is 537 g/mol. The molecule has 0 saturated heterocycles. The number of amides is 1. The van der Waals surface area contributed by atoms with Crippen LogP contribution in [-0.4, -0.2) is 30.9 Å². The molecule has 0 unspecified atom stereocenters. The highest BCUT2D eigenvalue weighted by Crippen LogP contribution is 2.35. The Hall–Kier alpha value is -3.08. The standard InChI is InChI=1S/C23H16Cl2F3N5OS/c1-13(21(34)30-19-12-15(23(26,27)28)2-7-18(19)25)35-22-32-31-20(14-8-10-29-11-9-14)33(22)17-5-3-16(24)4-6-17/h2-13H,1H3,(H,30,34)/t13-/m1/s1. The van der Waals surface area contributed by atoms with Crippen molar-refractivity contribution in [1.82, 2.24) is 19.7 Å². The normalized spacial score (nSPS) is 12.4. The van der Waals surface area contributed by atoms with Crippen LogP contribution < -0.4 is 5.32 Å². The molecule has 0 fully saturated rings. The molecule has 4 rings (SSSR count). The van der Waals surface area contributed by atoms with Crippen molar-refractivity contribution in [1.29, 1.82) is 0 Å². The molecule has 6 nitrogen and oxygen atoms in total. The van der Waals surface area contributed by atoms with Crippen molar-refractivity contribution >= 4 is 46.6 Å². The van der Waals surface area contributed by atoms with Crippen LogP contribution in [0.1, 0.15) is 12.5 Å². The number of hydrogen-bond acceptors (Lipinski definition) is 5. The van der Waals surface area contributed by atoms with E-state index in [9.17, 15) is 18.0 Å². The van der Waals surface area contributed by atoms with Gasteiger partial charge in [-0.25, -0.2) is 0 Å². The van der Waals surface area contributed by atoms with Gasteiger partial charge in [-0.15, -0.1) is 10.2 Å². The van der Waals surface area contributed by atoms with Crippen molar-refractivity contribution in [3.63, 3.8) is 0 Å². The van der Waals surface area contributed by atoms with Gasteiger partial charge in [-0.3, -0.25) is 14.3 Å². The number of aromatic nitrogens is 4. The molecule has 1 amide bonds. The van der Waals surface area contributed by atoms with E-state index >= 15 is 0 Å². The molecule has 0 saturated carbocycles. The molecular formula is C23H16Cl2F3N5OS. The number of thioether (sulfide) groups is 1. The van der Waals surface area contributed by atoms with Crippen molar-refractivity contribution in [2.75, 3.05) is 5.32 Å². The summed E-state index contributed by atoms with van der Waals surface area (Å²) in [6, 6.07) is 13.3. The lowest BCUT2D eigenvalue weighted by Crippen LogP contribution is -2.23. The minimum Gasteiger partial charge on any atom is -0.324 e. The van der Waals surface area contributed by atoms with Crippen LogP contribution in [0.5, 0.6) is 0 Å². The number of hydrogen-bond donors (Lipinski definition) is 1. The Labute approximate surface area is 212 Å². The number of nitrogens with zero attached hydrogens (tertiary/aromatic N) is 4. The summed E-state index contributed by atoms with van der Waals surface area (Å²) in [4.78, 5) is 16.9. The Bertz CT molecular complexity index is 1350. The largest absolute Gasteiger partial charge is 0.416 e. The molecule has 2 aromatic carbocycles. The van der Waals surface area contributed by atoms with Gasteiger partial charge in [0.1, 0.15) is 0 Å². The fourth-order valence-corrected chi connectivity index (χ4v) is 4.26. The van der Waals surface area contributed by atoms with Crippen LogP contribution in [-0.2, 0) is 11.0 Å². The van der Waals surface area contributed by atoms with Gasteiger partial charge in [-0.2, -0.15) is 13.2 Å². The fourth-order valence-electron chi connectivity index (χ4n) is 3.10. The van der Waals surface area contributed by atoms with Crippen LogP contribution in [0, 0.1) is 0 Å². The summed E-state index contributed by atoms with van der Waals surface area (Å²) < 4.78 is 41.0. The van der Waals surface area contributed by atoms with E-state index in [-0.39, 0.29) is 10.7 Å². The molecule has 180 valence electrons. The highest BCUT2D eigenvalue weighted by atomic mass is 35.5. The number of alkyl halides is 3. The van der Waals surface area contributed by atoms with Gasteiger partial charge in [0.15, 0.2) is 11.0 Å². The second kappa shape index (κ2) is 10.3. The Morgan fingerprint density at radius 2 is 1.71 bits per heavy atom. The quantitative estimate of drug-likeness (QED) is 0.274. The topological polar surface area (TPSA) is 72.7 Å². The molecular weight excluding hydrogens is 522 g/mol. The molecule has 0 aliphatic heterocycles. The number of pyridine rings is 1. The smallest absolute Gasteiger partial charge is 0.324 e. The van der Waals surface area contributed by atoms with Crippen molar-refractivity contribution in [3.8, 4) is 17.1 Å². The van der Waals surface area contributed by atoms with Crippen LogP contribution >= 0.6 is 35.0 Å². The maximum Gasteiger partial charge on any atom is 0.416 e. The predicted molar refractivity (Wildman–Crippen MR) is 130 cm³/mol. The van der Waals surface area contributed by atoms with Crippen molar-refractivity contribution in [2.24, 2.45) is 0 Å². The Balaban J connectivity index is 1.62. The first-order valence-electron chi connectivity index (χ1n) is 10.1. The molecule has 2 aromatic heterocycles. The minimum absolute atomic E-state index is 0.00662. The number of benzene rings is 2. The van der Waals surface area contributed by atoms with E-state index in [1.807, 2.05) is 0 Å². The van der Waals surface area contributed by atoms with Gasteiger partial charge in [0, 0.05) is 28.7 Å². The lowest BCUT2D eigenvalue weighted by molar-refractivity contribution is -0.137. The molecule has 1 N–H and O–H groups in total. The lowest BCUT2D eigenvalue weighted by Gasteiger charge is -2.15. The summed E-state index contributed by atoms with van der Waals surface area (Å²) in [5.41, 5.74) is 0.418. The summed E-state index contributed by atoms with van der Waals surface area (Å²) in [7, 11) is 0. The van der Waals surface area contributed by atoms with E-state index in [1.54, 1.807) is 60.3 Å². The number of carbonyl (C=O) groups excluding carboxylic acids is 1. The maximum atomic E-state index is 13.1. The van der Waals surface area contributed by atoms with Crippen molar-refractivity contribution in [2.45, 2.75) is 23.5 Å². The van der Waals surface area contributed by atoms with Crippen molar-refractivity contribution < 1.29 is 18.0 Å². The zero-order chi connectivity index (χ0) is 25.2. The predicted octanol–water partition coefficient (Wildman–Crippen LogP) is 6.77. The number of anilines is 1. The molecule has 0 radical (unpaired) electrons. The fraction of sp³-hybridized carbons (Fsp3) is 0.130. The Morgan fingerprint density at radius 1 is 1.03 bits per heavy atom. The van der Waals surface area contributed by atoms with E-state index in [0.29, 0.717) is 21.7 Å². The Morgan fingerprint density at radius 3 is 2.37 bits per heavy atom. The number of rotatable bonds is 6. The van der Waals surface area contributed by atoms with E-state index in [4.69, 9.17) is 23.2 Å². The summed E-state index contributed by atoms with van der Waals surface area (Å²) >= 11 is 13.1. The van der Waals surface area contributed by atoms with Gasteiger partial charge < -0.3 is 5.32 Å². The second-order valence-corrected chi connectivity index (χ2v) is 9.45. The molecule has 4 aromatic rings. The average Bonchev–Trinajstić information content (AvgIpc) is 3.24. The van der Waals surface area contributed by atoms with Gasteiger partial charge >= 0.3 is 6.18 Å². The second-order valence-electron chi connectivity index (χ2n) is 7.30. The first-order valence-corrected chi connectivity index (χ1v) is 11.7. The first kappa shape index (κ1) is 25.0. The molecule has 0 aliphatic rings. The third-order valence-electron chi connectivity index (χ3n) is 4.86. The number of nitrogens with one attached hydrogen (secondary N) is 1. The number of carbonyl (C=O) groups is 1. The zero-order valence-corrected chi connectivity index (χ0v) is 20.3. The van der Waals surface area contributed by atoms with Gasteiger partial charge in [-0.05, 0) is 61.5 Å². The molecule has 0 aliphatic carbocycles. The summed E-state index contributed by atoms with van der Waals surface area (Å²) in [5, 5.41) is 11.2. The lowest BCUT2D eigenvalue weighted by atomic mass is 10.2. The van der Waals surface area contributed by atoms with E-state index in [2.05, 4.69) is 20.5 Å². The maximum absolute atomic E-state index is 13.1. The third kappa shape index (κ3) is 5.77. The van der Waals surface area contributed by atoms with Gasteiger partial charge in [-0.1, -0.05) is 35.0 Å². The zero-order valence-electron chi connectivity index (χ0n) is 17.9.